The van der Waals surface area contributed by atoms with Gasteiger partial charge in [0.15, 0.2) is 5.13 Å². The Hall–Kier alpha value is -3.23. The first-order chi connectivity index (χ1) is 15.5. The van der Waals surface area contributed by atoms with Crippen molar-refractivity contribution in [1.29, 1.82) is 0 Å². The number of benzene rings is 1. The van der Waals surface area contributed by atoms with Gasteiger partial charge >= 0.3 is 12.2 Å². The normalized spacial score (nSPS) is 13.9. The quantitative estimate of drug-likeness (QED) is 0.530. The molecular formula is C19H12F5N4O3S2+. The zero-order chi connectivity index (χ0) is 24.1. The predicted octanol–water partition coefficient (Wildman–Crippen LogP) is 3.75. The van der Waals surface area contributed by atoms with E-state index in [1.165, 1.54) is 17.7 Å². The van der Waals surface area contributed by atoms with Crippen molar-refractivity contribution in [1.82, 2.24) is 9.88 Å². The van der Waals surface area contributed by atoms with Crippen molar-refractivity contribution in [2.24, 2.45) is 0 Å². The summed E-state index contributed by atoms with van der Waals surface area (Å²) in [7, 11) is 1.32. The van der Waals surface area contributed by atoms with Crippen LogP contribution in [0, 0.1) is 11.6 Å². The summed E-state index contributed by atoms with van der Waals surface area (Å²) in [6.45, 7) is 0. The lowest BCUT2D eigenvalue weighted by Crippen LogP contribution is -2.87. The fourth-order valence-corrected chi connectivity index (χ4v) is 4.87. The van der Waals surface area contributed by atoms with Crippen LogP contribution in [0.25, 0.3) is 11.3 Å². The number of thiazole rings is 1. The Morgan fingerprint density at radius 1 is 1.18 bits per heavy atom. The standard InChI is InChI=1S/C19H11F5N4O3S2/c1-28-16(30)12-7(5-32-15(12)27-18(28)31)4-11(29)26-17-25-10(6-33-17)8-2-3-9(20)13(14(8)21)19(22,23)24/h2-3,5-6H,4H2,1H3,(H,27,31)(H,25,26,29)/p+1. The molecule has 0 atom stereocenters. The van der Waals surface area contributed by atoms with E-state index in [0.29, 0.717) is 16.6 Å². The average molecular weight is 503 g/mol. The fourth-order valence-electron chi connectivity index (χ4n) is 3.17. The highest BCUT2D eigenvalue weighted by Crippen LogP contribution is 2.38. The average Bonchev–Trinajstić information content (AvgIpc) is 3.32. The topological polar surface area (TPSA) is 96.0 Å². The molecule has 0 fully saturated rings. The number of carbonyl (C=O) groups excluding carboxylic acids is 3. The number of anilines is 1. The molecule has 2 aromatic heterocycles. The minimum absolute atomic E-state index is 0.0263. The number of halogens is 5. The van der Waals surface area contributed by atoms with E-state index in [1.54, 1.807) is 5.38 Å². The summed E-state index contributed by atoms with van der Waals surface area (Å²) in [5, 5.41) is 6.94. The summed E-state index contributed by atoms with van der Waals surface area (Å²) in [6, 6.07) is 0.856. The van der Waals surface area contributed by atoms with E-state index in [4.69, 9.17) is 0 Å². The maximum atomic E-state index is 14.4. The van der Waals surface area contributed by atoms with Crippen LogP contribution in [0.4, 0.5) is 36.9 Å². The number of aromatic nitrogens is 1. The zero-order valence-electron chi connectivity index (χ0n) is 16.4. The molecule has 0 saturated heterocycles. The van der Waals surface area contributed by atoms with E-state index >= 15 is 0 Å². The number of quaternary nitrogens is 1. The Bertz CT molecular complexity index is 1300. The van der Waals surface area contributed by atoms with Gasteiger partial charge < -0.3 is 5.32 Å². The molecule has 0 spiro atoms. The van der Waals surface area contributed by atoms with Crippen LogP contribution in [0.1, 0.15) is 21.5 Å². The largest absolute Gasteiger partial charge is 0.428 e. The van der Waals surface area contributed by atoms with Crippen LogP contribution >= 0.6 is 22.7 Å². The molecule has 0 bridgehead atoms. The van der Waals surface area contributed by atoms with Crippen LogP contribution < -0.4 is 10.6 Å². The summed E-state index contributed by atoms with van der Waals surface area (Å²) in [4.78, 5) is 41.4. The number of nitrogens with one attached hydrogen (secondary N) is 1. The van der Waals surface area contributed by atoms with Crippen molar-refractivity contribution in [3.63, 3.8) is 0 Å². The van der Waals surface area contributed by atoms with Crippen LogP contribution in [0.2, 0.25) is 0 Å². The van der Waals surface area contributed by atoms with Gasteiger partial charge in [0.25, 0.3) is 5.91 Å². The highest BCUT2D eigenvalue weighted by Gasteiger charge is 2.39. The third-order valence-electron chi connectivity index (χ3n) is 4.75. The van der Waals surface area contributed by atoms with Gasteiger partial charge in [0.2, 0.25) is 10.9 Å². The molecule has 33 heavy (non-hydrogen) atoms. The number of nitrogens with two attached hydrogens (primary N) is 1. The van der Waals surface area contributed by atoms with Gasteiger partial charge in [0, 0.05) is 23.4 Å². The van der Waals surface area contributed by atoms with Gasteiger partial charge in [0.05, 0.1) is 12.1 Å². The van der Waals surface area contributed by atoms with Crippen molar-refractivity contribution in [2.45, 2.75) is 12.6 Å². The first-order valence-electron chi connectivity index (χ1n) is 9.05. The van der Waals surface area contributed by atoms with Gasteiger partial charge in [-0.3, -0.25) is 9.59 Å². The third-order valence-corrected chi connectivity index (χ3v) is 6.49. The highest BCUT2D eigenvalue weighted by molar-refractivity contribution is 7.14. The molecule has 0 unspecified atom stereocenters. The lowest BCUT2D eigenvalue weighted by Gasteiger charge is -2.17. The highest BCUT2D eigenvalue weighted by atomic mass is 32.1. The number of hydrogen-bond donors (Lipinski definition) is 2. The summed E-state index contributed by atoms with van der Waals surface area (Å²) in [5.74, 6) is -4.67. The minimum Gasteiger partial charge on any atom is -0.302 e. The molecule has 172 valence electrons. The summed E-state index contributed by atoms with van der Waals surface area (Å²) in [6.07, 6.45) is -5.46. The molecule has 4 rings (SSSR count). The molecule has 0 aliphatic carbocycles. The number of rotatable bonds is 4. The fraction of sp³-hybridized carbons (Fsp3) is 0.158. The van der Waals surface area contributed by atoms with Crippen molar-refractivity contribution in [3.8, 4) is 11.3 Å². The maximum absolute atomic E-state index is 14.4. The number of thiophene rings is 1. The number of amides is 4. The van der Waals surface area contributed by atoms with Crippen LogP contribution in [0.5, 0.6) is 0 Å². The molecule has 0 radical (unpaired) electrons. The van der Waals surface area contributed by atoms with Crippen molar-refractivity contribution in [3.05, 3.63) is 51.2 Å². The molecule has 3 heterocycles. The molecule has 14 heteroatoms. The second kappa shape index (κ2) is 8.28. The van der Waals surface area contributed by atoms with Gasteiger partial charge in [-0.05, 0) is 17.7 Å². The van der Waals surface area contributed by atoms with Gasteiger partial charge in [-0.25, -0.2) is 28.8 Å². The van der Waals surface area contributed by atoms with Crippen LogP contribution in [-0.4, -0.2) is 34.8 Å². The summed E-state index contributed by atoms with van der Waals surface area (Å²) in [5.41, 5.74) is -2.17. The molecule has 7 nitrogen and oxygen atoms in total. The zero-order valence-corrected chi connectivity index (χ0v) is 18.1. The van der Waals surface area contributed by atoms with Gasteiger partial charge in [-0.15, -0.1) is 11.3 Å². The molecule has 1 aromatic carbocycles. The van der Waals surface area contributed by atoms with Crippen LogP contribution in [0.15, 0.2) is 22.9 Å². The molecule has 0 saturated carbocycles. The Morgan fingerprint density at radius 2 is 1.91 bits per heavy atom. The number of carbonyl (C=O) groups is 3. The van der Waals surface area contributed by atoms with Crippen molar-refractivity contribution in [2.75, 3.05) is 12.4 Å². The number of hydrogen-bond acceptors (Lipinski definition) is 6. The maximum Gasteiger partial charge on any atom is 0.428 e. The number of nitrogens with zero attached hydrogens (tertiary/aromatic N) is 2. The molecule has 4 amide bonds. The summed E-state index contributed by atoms with van der Waals surface area (Å²) < 4.78 is 66.7. The smallest absolute Gasteiger partial charge is 0.302 e. The lowest BCUT2D eigenvalue weighted by atomic mass is 10.1. The first-order valence-corrected chi connectivity index (χ1v) is 10.8. The molecule has 1 aliphatic heterocycles. The number of urea groups is 1. The second-order valence-corrected chi connectivity index (χ2v) is 8.66. The number of fused-ring (bicyclic) bond motifs is 1. The van der Waals surface area contributed by atoms with Crippen molar-refractivity contribution >= 4 is 50.7 Å². The van der Waals surface area contributed by atoms with E-state index in [1.807, 2.05) is 0 Å². The Kier molecular flexibility index (Phi) is 5.76. The van der Waals surface area contributed by atoms with Crippen molar-refractivity contribution < 1.29 is 41.7 Å². The predicted molar refractivity (Wildman–Crippen MR) is 108 cm³/mol. The van der Waals surface area contributed by atoms with E-state index in [2.05, 4.69) is 10.3 Å². The second-order valence-electron chi connectivity index (χ2n) is 6.89. The van der Waals surface area contributed by atoms with Gasteiger partial charge in [0.1, 0.15) is 22.8 Å². The molecule has 1 aliphatic rings. The minimum atomic E-state index is -5.23. The number of imide groups is 1. The number of alkyl halides is 3. The van der Waals surface area contributed by atoms with E-state index in [9.17, 15) is 36.3 Å². The SMILES string of the molecule is CN1C(=O)[NH2+]c2scc(CC(=O)Nc3nc(-c4ccc(F)c(C(F)(F)F)c4F)cs3)c2C1=O. The molecule has 3 N–H and O–H groups in total. The molecule has 3 aromatic rings. The Balaban J connectivity index is 1.53. The van der Waals surface area contributed by atoms with Crippen LogP contribution in [-0.2, 0) is 17.4 Å². The number of primary amides is 1. The first kappa shape index (κ1) is 22.9. The Labute approximate surface area is 189 Å². The molecular weight excluding hydrogens is 491 g/mol. The third kappa shape index (κ3) is 4.24. The van der Waals surface area contributed by atoms with Crippen LogP contribution in [0.3, 0.4) is 0 Å². The Morgan fingerprint density at radius 3 is 2.61 bits per heavy atom. The summed E-state index contributed by atoms with van der Waals surface area (Å²) >= 11 is 1.97. The lowest BCUT2D eigenvalue weighted by molar-refractivity contribution is -0.468. The van der Waals surface area contributed by atoms with E-state index < -0.39 is 46.8 Å². The van der Waals surface area contributed by atoms with E-state index in [0.717, 1.165) is 33.6 Å². The van der Waals surface area contributed by atoms with E-state index in [-0.39, 0.29) is 22.8 Å². The monoisotopic (exact) mass is 503 g/mol. The van der Waals surface area contributed by atoms with Gasteiger partial charge in [-0.2, -0.15) is 13.2 Å². The van der Waals surface area contributed by atoms with Gasteiger partial charge in [-0.1, -0.05) is 11.3 Å².